The van der Waals surface area contributed by atoms with E-state index in [9.17, 15) is 4.79 Å². The standard InChI is InChI=1S/C11H19N5O/c1-4-9-14-8(12)7-10(15-9)16(3)6-5-11(17)13-2/h7H,4-6H2,1-3H3,(H,13,17)(H2,12,14,15). The highest BCUT2D eigenvalue weighted by molar-refractivity contribution is 5.76. The van der Waals surface area contributed by atoms with Gasteiger partial charge in [-0.3, -0.25) is 4.79 Å². The molecule has 0 saturated heterocycles. The monoisotopic (exact) mass is 237 g/mol. The number of carbonyl (C=O) groups is 1. The van der Waals surface area contributed by atoms with Crippen LogP contribution in [0.5, 0.6) is 0 Å². The number of aromatic nitrogens is 2. The van der Waals surface area contributed by atoms with E-state index in [1.807, 2.05) is 18.9 Å². The Morgan fingerprint density at radius 1 is 1.53 bits per heavy atom. The molecule has 6 nitrogen and oxygen atoms in total. The molecule has 1 aromatic heterocycles. The smallest absolute Gasteiger partial charge is 0.221 e. The van der Waals surface area contributed by atoms with Crippen LogP contribution in [0, 0.1) is 0 Å². The molecule has 0 aliphatic heterocycles. The third-order valence-corrected chi connectivity index (χ3v) is 2.44. The predicted octanol–water partition coefficient (Wildman–Crippen LogP) is 0.194. The van der Waals surface area contributed by atoms with Gasteiger partial charge in [-0.1, -0.05) is 6.92 Å². The summed E-state index contributed by atoms with van der Waals surface area (Å²) in [7, 11) is 3.50. The zero-order chi connectivity index (χ0) is 12.8. The molecule has 3 N–H and O–H groups in total. The molecule has 0 aliphatic carbocycles. The summed E-state index contributed by atoms with van der Waals surface area (Å²) in [6.07, 6.45) is 1.17. The number of anilines is 2. The van der Waals surface area contributed by atoms with Crippen molar-refractivity contribution in [2.45, 2.75) is 19.8 Å². The molecule has 0 radical (unpaired) electrons. The predicted molar refractivity (Wildman–Crippen MR) is 67.8 cm³/mol. The summed E-state index contributed by atoms with van der Waals surface area (Å²) in [5.41, 5.74) is 5.70. The van der Waals surface area contributed by atoms with E-state index in [1.165, 1.54) is 0 Å². The Kier molecular flexibility index (Phi) is 4.68. The highest BCUT2D eigenvalue weighted by Crippen LogP contribution is 2.13. The third kappa shape index (κ3) is 3.90. The van der Waals surface area contributed by atoms with Gasteiger partial charge in [-0.25, -0.2) is 9.97 Å². The lowest BCUT2D eigenvalue weighted by Gasteiger charge is -2.18. The summed E-state index contributed by atoms with van der Waals surface area (Å²) in [6.45, 7) is 2.57. The van der Waals surface area contributed by atoms with E-state index in [4.69, 9.17) is 5.73 Å². The van der Waals surface area contributed by atoms with E-state index in [0.29, 0.717) is 24.6 Å². The first-order valence-corrected chi connectivity index (χ1v) is 5.62. The molecular weight excluding hydrogens is 218 g/mol. The topological polar surface area (TPSA) is 84.1 Å². The molecule has 1 heterocycles. The minimum atomic E-state index is 0.00888. The quantitative estimate of drug-likeness (QED) is 0.764. The molecule has 0 spiro atoms. The first kappa shape index (κ1) is 13.2. The van der Waals surface area contributed by atoms with Gasteiger partial charge in [-0.15, -0.1) is 0 Å². The van der Waals surface area contributed by atoms with Crippen molar-refractivity contribution in [2.24, 2.45) is 0 Å². The van der Waals surface area contributed by atoms with Crippen LogP contribution in [-0.2, 0) is 11.2 Å². The Morgan fingerprint density at radius 2 is 2.24 bits per heavy atom. The number of amides is 1. The van der Waals surface area contributed by atoms with Gasteiger partial charge in [0, 0.05) is 39.5 Å². The van der Waals surface area contributed by atoms with Crippen LogP contribution < -0.4 is 16.0 Å². The molecule has 6 heteroatoms. The van der Waals surface area contributed by atoms with Gasteiger partial charge >= 0.3 is 0 Å². The lowest BCUT2D eigenvalue weighted by molar-refractivity contribution is -0.120. The van der Waals surface area contributed by atoms with Crippen LogP contribution in [0.3, 0.4) is 0 Å². The number of nitrogen functional groups attached to an aromatic ring is 1. The maximum absolute atomic E-state index is 11.1. The molecule has 17 heavy (non-hydrogen) atoms. The zero-order valence-corrected chi connectivity index (χ0v) is 10.5. The average molecular weight is 237 g/mol. The maximum Gasteiger partial charge on any atom is 0.221 e. The number of nitrogens with two attached hydrogens (primary N) is 1. The van der Waals surface area contributed by atoms with Gasteiger partial charge in [-0.2, -0.15) is 0 Å². The molecule has 0 saturated carbocycles. The maximum atomic E-state index is 11.1. The molecule has 1 aromatic rings. The second-order valence-corrected chi connectivity index (χ2v) is 3.77. The SMILES string of the molecule is CCc1nc(N)cc(N(C)CCC(=O)NC)n1. The van der Waals surface area contributed by atoms with Crippen LogP contribution in [0.25, 0.3) is 0 Å². The highest BCUT2D eigenvalue weighted by atomic mass is 16.1. The molecule has 94 valence electrons. The Hall–Kier alpha value is -1.85. The number of hydrogen-bond acceptors (Lipinski definition) is 5. The van der Waals surface area contributed by atoms with Crippen LogP contribution >= 0.6 is 0 Å². The van der Waals surface area contributed by atoms with E-state index in [1.54, 1.807) is 13.1 Å². The van der Waals surface area contributed by atoms with Gasteiger partial charge in [0.05, 0.1) is 0 Å². The number of nitrogens with one attached hydrogen (secondary N) is 1. The van der Waals surface area contributed by atoms with Crippen LogP contribution in [0.4, 0.5) is 11.6 Å². The number of nitrogens with zero attached hydrogens (tertiary/aromatic N) is 3. The molecule has 1 amide bonds. The van der Waals surface area contributed by atoms with Crippen molar-refractivity contribution < 1.29 is 4.79 Å². The minimum Gasteiger partial charge on any atom is -0.384 e. The number of rotatable bonds is 5. The number of aryl methyl sites for hydroxylation is 1. The van der Waals surface area contributed by atoms with Crippen LogP contribution in [-0.4, -0.2) is 36.5 Å². The second-order valence-electron chi connectivity index (χ2n) is 3.77. The Labute approximate surface area is 101 Å². The van der Waals surface area contributed by atoms with Gasteiger partial charge in [-0.05, 0) is 0 Å². The molecule has 0 aliphatic rings. The lowest BCUT2D eigenvalue weighted by atomic mass is 10.3. The summed E-state index contributed by atoms with van der Waals surface area (Å²) in [4.78, 5) is 21.5. The number of carbonyl (C=O) groups excluding carboxylic acids is 1. The number of hydrogen-bond donors (Lipinski definition) is 2. The van der Waals surface area contributed by atoms with Gasteiger partial charge in [0.25, 0.3) is 0 Å². The van der Waals surface area contributed by atoms with Gasteiger partial charge < -0.3 is 16.0 Å². The van der Waals surface area contributed by atoms with Gasteiger partial charge in [0.2, 0.25) is 5.91 Å². The van der Waals surface area contributed by atoms with Gasteiger partial charge in [0.15, 0.2) is 0 Å². The van der Waals surface area contributed by atoms with E-state index in [-0.39, 0.29) is 5.91 Å². The third-order valence-electron chi connectivity index (χ3n) is 2.44. The second kappa shape index (κ2) is 6.03. The Balaban J connectivity index is 2.71. The first-order valence-electron chi connectivity index (χ1n) is 5.62. The van der Waals surface area contributed by atoms with Crippen molar-refractivity contribution in [3.8, 4) is 0 Å². The summed E-state index contributed by atoms with van der Waals surface area (Å²) < 4.78 is 0. The molecule has 0 bridgehead atoms. The molecule has 0 aromatic carbocycles. The van der Waals surface area contributed by atoms with Crippen molar-refractivity contribution in [2.75, 3.05) is 31.3 Å². The largest absolute Gasteiger partial charge is 0.384 e. The summed E-state index contributed by atoms with van der Waals surface area (Å²) in [5.74, 6) is 1.93. The fourth-order valence-corrected chi connectivity index (χ4v) is 1.37. The van der Waals surface area contributed by atoms with E-state index in [2.05, 4.69) is 15.3 Å². The van der Waals surface area contributed by atoms with Crippen molar-refractivity contribution in [1.29, 1.82) is 0 Å². The zero-order valence-electron chi connectivity index (χ0n) is 10.5. The average Bonchev–Trinajstić information content (AvgIpc) is 2.34. The van der Waals surface area contributed by atoms with Crippen molar-refractivity contribution in [3.05, 3.63) is 11.9 Å². The van der Waals surface area contributed by atoms with Crippen molar-refractivity contribution >= 4 is 17.5 Å². The highest BCUT2D eigenvalue weighted by Gasteiger charge is 2.07. The van der Waals surface area contributed by atoms with Crippen LogP contribution in [0.2, 0.25) is 0 Å². The molecule has 0 unspecified atom stereocenters. The Bertz CT molecular complexity index is 393. The molecular formula is C11H19N5O. The normalized spacial score (nSPS) is 10.1. The van der Waals surface area contributed by atoms with Gasteiger partial charge in [0.1, 0.15) is 17.5 Å². The fraction of sp³-hybridized carbons (Fsp3) is 0.545. The fourth-order valence-electron chi connectivity index (χ4n) is 1.37. The lowest BCUT2D eigenvalue weighted by Crippen LogP contribution is -2.27. The minimum absolute atomic E-state index is 0.00888. The summed E-state index contributed by atoms with van der Waals surface area (Å²) in [6, 6.07) is 1.71. The summed E-state index contributed by atoms with van der Waals surface area (Å²) >= 11 is 0. The molecule has 0 atom stereocenters. The summed E-state index contributed by atoms with van der Waals surface area (Å²) in [5, 5.41) is 2.58. The Morgan fingerprint density at radius 3 is 2.82 bits per heavy atom. The van der Waals surface area contributed by atoms with Crippen molar-refractivity contribution in [1.82, 2.24) is 15.3 Å². The van der Waals surface area contributed by atoms with E-state index >= 15 is 0 Å². The molecule has 0 fully saturated rings. The first-order chi connectivity index (χ1) is 8.06. The van der Waals surface area contributed by atoms with Crippen LogP contribution in [0.1, 0.15) is 19.2 Å². The molecule has 1 rings (SSSR count). The van der Waals surface area contributed by atoms with E-state index in [0.717, 1.165) is 12.2 Å². The van der Waals surface area contributed by atoms with Crippen LogP contribution in [0.15, 0.2) is 6.07 Å². The van der Waals surface area contributed by atoms with E-state index < -0.39 is 0 Å². The van der Waals surface area contributed by atoms with Crippen molar-refractivity contribution in [3.63, 3.8) is 0 Å².